The maximum atomic E-state index is 12.6. The van der Waals surface area contributed by atoms with Crippen molar-refractivity contribution in [2.24, 2.45) is 0 Å². The molecular formula is C23H29N3O3. The Hall–Kier alpha value is -2.57. The number of carbonyl (C=O) groups is 1. The van der Waals surface area contributed by atoms with E-state index >= 15 is 0 Å². The molecule has 2 N–H and O–H groups in total. The quantitative estimate of drug-likeness (QED) is 0.754. The van der Waals surface area contributed by atoms with Gasteiger partial charge in [0.05, 0.1) is 6.04 Å². The second-order valence-electron chi connectivity index (χ2n) is 7.70. The van der Waals surface area contributed by atoms with Crippen LogP contribution in [0.2, 0.25) is 0 Å². The first-order valence-electron chi connectivity index (χ1n) is 10.4. The Balaban J connectivity index is 1.32. The minimum atomic E-state index is -0.317. The Kier molecular flexibility index (Phi) is 6.32. The number of benzene rings is 2. The lowest BCUT2D eigenvalue weighted by Crippen LogP contribution is -2.38. The van der Waals surface area contributed by atoms with Gasteiger partial charge in [-0.25, -0.2) is 0 Å². The van der Waals surface area contributed by atoms with Crippen LogP contribution >= 0.6 is 0 Å². The van der Waals surface area contributed by atoms with E-state index in [2.05, 4.69) is 39.8 Å². The van der Waals surface area contributed by atoms with E-state index in [1.54, 1.807) is 0 Å². The van der Waals surface area contributed by atoms with E-state index < -0.39 is 0 Å². The molecular weight excluding hydrogens is 366 g/mol. The van der Waals surface area contributed by atoms with Crippen molar-refractivity contribution in [3.63, 3.8) is 0 Å². The minimum Gasteiger partial charge on any atom is -0.486 e. The molecule has 0 aromatic heterocycles. The lowest BCUT2D eigenvalue weighted by atomic mass is 10.1. The SMILES string of the molecule is C[C@@H](NCc1ccccc1CN1CCCC1)C(=O)Nc1ccc2c(c1)OCCO2. The summed E-state index contributed by atoms with van der Waals surface area (Å²) >= 11 is 0. The average Bonchev–Trinajstić information content (AvgIpc) is 3.26. The Morgan fingerprint density at radius 1 is 1.03 bits per heavy atom. The van der Waals surface area contributed by atoms with Crippen LogP contribution in [0.25, 0.3) is 0 Å². The molecule has 0 radical (unpaired) electrons. The zero-order valence-electron chi connectivity index (χ0n) is 16.9. The third-order valence-corrected chi connectivity index (χ3v) is 5.51. The van der Waals surface area contributed by atoms with Crippen LogP contribution in [0.1, 0.15) is 30.9 Å². The zero-order valence-corrected chi connectivity index (χ0v) is 16.9. The number of hydrogen-bond donors (Lipinski definition) is 2. The monoisotopic (exact) mass is 395 g/mol. The fourth-order valence-corrected chi connectivity index (χ4v) is 3.79. The zero-order chi connectivity index (χ0) is 20.1. The second-order valence-corrected chi connectivity index (χ2v) is 7.70. The van der Waals surface area contributed by atoms with Gasteiger partial charge in [0.15, 0.2) is 11.5 Å². The highest BCUT2D eigenvalue weighted by molar-refractivity contribution is 5.94. The maximum absolute atomic E-state index is 12.6. The van der Waals surface area contributed by atoms with Crippen LogP contribution in [0.3, 0.4) is 0 Å². The summed E-state index contributed by atoms with van der Waals surface area (Å²) in [7, 11) is 0. The number of nitrogens with zero attached hydrogens (tertiary/aromatic N) is 1. The van der Waals surface area contributed by atoms with Crippen molar-refractivity contribution >= 4 is 11.6 Å². The maximum Gasteiger partial charge on any atom is 0.241 e. The summed E-state index contributed by atoms with van der Waals surface area (Å²) in [5.74, 6) is 1.32. The molecule has 2 heterocycles. The molecule has 2 aromatic carbocycles. The van der Waals surface area contributed by atoms with Crippen LogP contribution in [-0.4, -0.2) is 43.2 Å². The molecule has 6 heteroatoms. The van der Waals surface area contributed by atoms with E-state index in [1.807, 2.05) is 25.1 Å². The molecule has 2 aromatic rings. The van der Waals surface area contributed by atoms with Crippen molar-refractivity contribution in [3.05, 3.63) is 53.6 Å². The van der Waals surface area contributed by atoms with Crippen LogP contribution in [0.4, 0.5) is 5.69 Å². The van der Waals surface area contributed by atoms with E-state index in [-0.39, 0.29) is 11.9 Å². The molecule has 0 aliphatic carbocycles. The third-order valence-electron chi connectivity index (χ3n) is 5.51. The highest BCUT2D eigenvalue weighted by atomic mass is 16.6. The molecule has 2 aliphatic rings. The number of carbonyl (C=O) groups excluding carboxylic acids is 1. The number of hydrogen-bond acceptors (Lipinski definition) is 5. The van der Waals surface area contributed by atoms with Gasteiger partial charge in [0.2, 0.25) is 5.91 Å². The van der Waals surface area contributed by atoms with Crippen molar-refractivity contribution in [3.8, 4) is 11.5 Å². The van der Waals surface area contributed by atoms with Crippen molar-refractivity contribution < 1.29 is 14.3 Å². The summed E-state index contributed by atoms with van der Waals surface area (Å²) in [6.45, 7) is 6.97. The van der Waals surface area contributed by atoms with Crippen LogP contribution in [0.5, 0.6) is 11.5 Å². The predicted molar refractivity (Wildman–Crippen MR) is 113 cm³/mol. The van der Waals surface area contributed by atoms with E-state index in [9.17, 15) is 4.79 Å². The van der Waals surface area contributed by atoms with Crippen molar-refractivity contribution in [2.75, 3.05) is 31.6 Å². The number of fused-ring (bicyclic) bond motifs is 1. The summed E-state index contributed by atoms with van der Waals surface area (Å²) in [6.07, 6.45) is 2.58. The van der Waals surface area contributed by atoms with Gasteiger partial charge in [0, 0.05) is 24.8 Å². The Bertz CT molecular complexity index is 849. The summed E-state index contributed by atoms with van der Waals surface area (Å²) in [6, 6.07) is 13.6. The third kappa shape index (κ3) is 5.08. The van der Waals surface area contributed by atoms with Crippen molar-refractivity contribution in [1.82, 2.24) is 10.2 Å². The van der Waals surface area contributed by atoms with Gasteiger partial charge in [-0.2, -0.15) is 0 Å². The fourth-order valence-electron chi connectivity index (χ4n) is 3.79. The molecule has 6 nitrogen and oxygen atoms in total. The molecule has 4 rings (SSSR count). The normalized spacial score (nSPS) is 17.1. The van der Waals surface area contributed by atoms with Crippen molar-refractivity contribution in [2.45, 2.75) is 38.9 Å². The van der Waals surface area contributed by atoms with Crippen LogP contribution in [-0.2, 0) is 17.9 Å². The van der Waals surface area contributed by atoms with E-state index in [1.165, 1.54) is 37.1 Å². The molecule has 1 atom stereocenters. The van der Waals surface area contributed by atoms with Crippen LogP contribution in [0.15, 0.2) is 42.5 Å². The number of ether oxygens (including phenoxy) is 2. The molecule has 29 heavy (non-hydrogen) atoms. The summed E-state index contributed by atoms with van der Waals surface area (Å²) < 4.78 is 11.1. The van der Waals surface area contributed by atoms with E-state index in [4.69, 9.17) is 9.47 Å². The Morgan fingerprint density at radius 3 is 2.55 bits per heavy atom. The topological polar surface area (TPSA) is 62.8 Å². The minimum absolute atomic E-state index is 0.0706. The number of amides is 1. The first-order chi connectivity index (χ1) is 14.2. The summed E-state index contributed by atoms with van der Waals surface area (Å²) in [4.78, 5) is 15.1. The lowest BCUT2D eigenvalue weighted by molar-refractivity contribution is -0.117. The van der Waals surface area contributed by atoms with Gasteiger partial charge in [-0.3, -0.25) is 9.69 Å². The van der Waals surface area contributed by atoms with Gasteiger partial charge < -0.3 is 20.1 Å². The van der Waals surface area contributed by atoms with Crippen LogP contribution < -0.4 is 20.1 Å². The average molecular weight is 396 g/mol. The number of nitrogens with one attached hydrogen (secondary N) is 2. The number of rotatable bonds is 7. The molecule has 1 saturated heterocycles. The lowest BCUT2D eigenvalue weighted by Gasteiger charge is -2.20. The first-order valence-corrected chi connectivity index (χ1v) is 10.4. The van der Waals surface area contributed by atoms with Gasteiger partial charge in [-0.15, -0.1) is 0 Å². The Labute approximate surface area is 172 Å². The van der Waals surface area contributed by atoms with E-state index in [0.29, 0.717) is 31.2 Å². The number of anilines is 1. The molecule has 0 spiro atoms. The van der Waals surface area contributed by atoms with Crippen LogP contribution in [0, 0.1) is 0 Å². The molecule has 2 aliphatic heterocycles. The number of likely N-dealkylation sites (tertiary alicyclic amines) is 1. The summed E-state index contributed by atoms with van der Waals surface area (Å²) in [5.41, 5.74) is 3.29. The molecule has 1 fully saturated rings. The second kappa shape index (κ2) is 9.29. The standard InChI is InChI=1S/C23H29N3O3/c1-17(23(27)25-20-8-9-21-22(14-20)29-13-12-28-21)24-15-18-6-2-3-7-19(18)16-26-10-4-5-11-26/h2-3,6-9,14,17,24H,4-5,10-13,15-16H2,1H3,(H,25,27)/t17-/m1/s1. The smallest absolute Gasteiger partial charge is 0.241 e. The molecule has 0 bridgehead atoms. The predicted octanol–water partition coefficient (Wildman–Crippen LogP) is 3.17. The molecule has 0 saturated carbocycles. The highest BCUT2D eigenvalue weighted by Crippen LogP contribution is 2.32. The van der Waals surface area contributed by atoms with Crippen molar-refractivity contribution in [1.29, 1.82) is 0 Å². The van der Waals surface area contributed by atoms with Gasteiger partial charge in [-0.05, 0) is 56.1 Å². The molecule has 154 valence electrons. The largest absolute Gasteiger partial charge is 0.486 e. The van der Waals surface area contributed by atoms with Gasteiger partial charge in [-0.1, -0.05) is 24.3 Å². The summed E-state index contributed by atoms with van der Waals surface area (Å²) in [5, 5.41) is 6.32. The van der Waals surface area contributed by atoms with Gasteiger partial charge in [0.1, 0.15) is 13.2 Å². The molecule has 1 amide bonds. The van der Waals surface area contributed by atoms with E-state index in [0.717, 1.165) is 12.3 Å². The van der Waals surface area contributed by atoms with Gasteiger partial charge >= 0.3 is 0 Å². The van der Waals surface area contributed by atoms with Gasteiger partial charge in [0.25, 0.3) is 0 Å². The molecule has 0 unspecified atom stereocenters. The highest BCUT2D eigenvalue weighted by Gasteiger charge is 2.17. The fraction of sp³-hybridized carbons (Fsp3) is 0.435. The Morgan fingerprint density at radius 2 is 1.76 bits per heavy atom. The first kappa shape index (κ1) is 19.7.